The summed E-state index contributed by atoms with van der Waals surface area (Å²) in [6.07, 6.45) is -1.05. The van der Waals surface area contributed by atoms with Crippen molar-refractivity contribution in [1.82, 2.24) is 10.2 Å². The molecule has 3 N–H and O–H groups in total. The third-order valence-electron chi connectivity index (χ3n) is 7.46. The van der Waals surface area contributed by atoms with E-state index in [0.717, 1.165) is 23.2 Å². The fourth-order valence-corrected chi connectivity index (χ4v) is 5.70. The number of carbonyl (C=O) groups excluding carboxylic acids is 2. The summed E-state index contributed by atoms with van der Waals surface area (Å²) in [5.41, 5.74) is 2.66. The maximum Gasteiger partial charge on any atom is 0.407 e. The van der Waals surface area contributed by atoms with Crippen molar-refractivity contribution in [2.75, 3.05) is 31.6 Å². The van der Waals surface area contributed by atoms with Gasteiger partial charge in [0.1, 0.15) is 12.1 Å². The number of hydrogen-bond acceptors (Lipinski definition) is 7. The molecular weight excluding hydrogens is 510 g/mol. The van der Waals surface area contributed by atoms with E-state index < -0.39 is 24.3 Å². The SMILES string of the molecule is CC.CC(C)CN(C[C@@H](O)[C@H](Cc1ccccc1)NC(=O)OC1CO[C@H]2OCCC12)C1C(=O)Nc2ccccc21. The predicted octanol–water partition coefficient (Wildman–Crippen LogP) is 4.12. The Morgan fingerprint density at radius 2 is 1.82 bits per heavy atom. The maximum atomic E-state index is 13.0. The van der Waals surface area contributed by atoms with Crippen molar-refractivity contribution in [3.8, 4) is 0 Å². The van der Waals surface area contributed by atoms with Crippen molar-refractivity contribution < 1.29 is 28.9 Å². The Kier molecular flexibility index (Phi) is 10.6. The van der Waals surface area contributed by atoms with E-state index in [1.165, 1.54) is 0 Å². The molecule has 218 valence electrons. The Balaban J connectivity index is 0.00000181. The number of benzene rings is 2. The first-order valence-electron chi connectivity index (χ1n) is 14.4. The number of carbonyl (C=O) groups is 2. The first-order chi connectivity index (χ1) is 19.4. The number of amides is 2. The lowest BCUT2D eigenvalue weighted by atomic mass is 9.98. The highest BCUT2D eigenvalue weighted by molar-refractivity contribution is 6.02. The van der Waals surface area contributed by atoms with Gasteiger partial charge < -0.3 is 30.0 Å². The van der Waals surface area contributed by atoms with Gasteiger partial charge >= 0.3 is 6.09 Å². The van der Waals surface area contributed by atoms with Crippen molar-refractivity contribution in [3.63, 3.8) is 0 Å². The molecule has 3 unspecified atom stereocenters. The van der Waals surface area contributed by atoms with Gasteiger partial charge in [-0.15, -0.1) is 0 Å². The van der Waals surface area contributed by atoms with Crippen LogP contribution in [0.4, 0.5) is 10.5 Å². The van der Waals surface area contributed by atoms with E-state index in [1.54, 1.807) is 0 Å². The zero-order valence-corrected chi connectivity index (χ0v) is 23.9. The lowest BCUT2D eigenvalue weighted by Gasteiger charge is -2.34. The topological polar surface area (TPSA) is 109 Å². The Morgan fingerprint density at radius 3 is 2.58 bits per heavy atom. The minimum absolute atomic E-state index is 0.0285. The van der Waals surface area contributed by atoms with Crippen molar-refractivity contribution in [3.05, 3.63) is 65.7 Å². The number of alkyl carbamates (subject to hydrolysis) is 1. The average molecular weight is 554 g/mol. The van der Waals surface area contributed by atoms with Crippen molar-refractivity contribution in [1.29, 1.82) is 0 Å². The summed E-state index contributed by atoms with van der Waals surface area (Å²) in [4.78, 5) is 28.0. The lowest BCUT2D eigenvalue weighted by Crippen LogP contribution is -2.51. The van der Waals surface area contributed by atoms with Gasteiger partial charge in [0.2, 0.25) is 5.91 Å². The molecule has 3 aliphatic heterocycles. The zero-order valence-electron chi connectivity index (χ0n) is 23.9. The molecule has 6 atom stereocenters. The highest BCUT2D eigenvalue weighted by Gasteiger charge is 2.44. The monoisotopic (exact) mass is 553 g/mol. The van der Waals surface area contributed by atoms with Crippen molar-refractivity contribution in [2.24, 2.45) is 11.8 Å². The molecule has 9 nitrogen and oxygen atoms in total. The van der Waals surface area contributed by atoms with Gasteiger partial charge in [-0.05, 0) is 30.4 Å². The van der Waals surface area contributed by atoms with Crippen molar-refractivity contribution in [2.45, 2.75) is 71.1 Å². The molecule has 0 aliphatic carbocycles. The number of rotatable bonds is 10. The van der Waals surface area contributed by atoms with E-state index in [4.69, 9.17) is 14.2 Å². The number of aliphatic hydroxyl groups excluding tert-OH is 1. The van der Waals surface area contributed by atoms with E-state index in [9.17, 15) is 14.7 Å². The van der Waals surface area contributed by atoms with Crippen LogP contribution in [-0.2, 0) is 25.4 Å². The molecule has 2 aromatic rings. The fraction of sp³-hybridized carbons (Fsp3) is 0.548. The van der Waals surface area contributed by atoms with Crippen LogP contribution in [0.25, 0.3) is 0 Å². The number of aliphatic hydroxyl groups is 1. The quantitative estimate of drug-likeness (QED) is 0.406. The zero-order chi connectivity index (χ0) is 28.6. The summed E-state index contributed by atoms with van der Waals surface area (Å²) < 4.78 is 16.9. The fourth-order valence-electron chi connectivity index (χ4n) is 5.70. The molecule has 3 aliphatic rings. The largest absolute Gasteiger partial charge is 0.443 e. The Labute approximate surface area is 237 Å². The molecule has 5 rings (SSSR count). The number of anilines is 1. The van der Waals surface area contributed by atoms with Gasteiger partial charge in [0.25, 0.3) is 0 Å². The third kappa shape index (κ3) is 7.20. The molecule has 0 spiro atoms. The third-order valence-corrected chi connectivity index (χ3v) is 7.46. The summed E-state index contributed by atoms with van der Waals surface area (Å²) in [6, 6.07) is 16.2. The van der Waals surface area contributed by atoms with Crippen molar-refractivity contribution >= 4 is 17.7 Å². The van der Waals surface area contributed by atoms with Gasteiger partial charge in [-0.3, -0.25) is 9.69 Å². The Bertz CT molecular complexity index is 1110. The molecule has 2 fully saturated rings. The molecule has 0 radical (unpaired) electrons. The number of hydrogen-bond donors (Lipinski definition) is 3. The molecule has 2 aromatic carbocycles. The highest BCUT2D eigenvalue weighted by Crippen LogP contribution is 2.36. The number of nitrogens with zero attached hydrogens (tertiary/aromatic N) is 1. The van der Waals surface area contributed by atoms with Gasteiger partial charge in [0.15, 0.2) is 6.29 Å². The van der Waals surface area contributed by atoms with Crippen LogP contribution < -0.4 is 10.6 Å². The van der Waals surface area contributed by atoms with Crippen LogP contribution in [-0.4, -0.2) is 72.8 Å². The van der Waals surface area contributed by atoms with Gasteiger partial charge in [-0.2, -0.15) is 0 Å². The van der Waals surface area contributed by atoms with Crippen LogP contribution in [0.15, 0.2) is 54.6 Å². The van der Waals surface area contributed by atoms with E-state index >= 15 is 0 Å². The van der Waals surface area contributed by atoms with Crippen LogP contribution in [0.1, 0.15) is 51.3 Å². The first kappa shape index (κ1) is 30.0. The smallest absolute Gasteiger partial charge is 0.407 e. The van der Waals surface area contributed by atoms with E-state index in [0.29, 0.717) is 26.2 Å². The van der Waals surface area contributed by atoms with E-state index in [2.05, 4.69) is 24.5 Å². The second-order valence-electron chi connectivity index (χ2n) is 10.8. The molecular formula is C31H43N3O6. The molecule has 0 aromatic heterocycles. The summed E-state index contributed by atoms with van der Waals surface area (Å²) >= 11 is 0. The molecule has 9 heteroatoms. The minimum atomic E-state index is -0.954. The molecule has 3 heterocycles. The van der Waals surface area contributed by atoms with Crippen LogP contribution in [0.2, 0.25) is 0 Å². The normalized spacial score (nSPS) is 24.5. The molecule has 0 bridgehead atoms. The molecule has 2 saturated heterocycles. The molecule has 2 amide bonds. The number of nitrogens with one attached hydrogen (secondary N) is 2. The van der Waals surface area contributed by atoms with Gasteiger partial charge in [0.05, 0.1) is 31.3 Å². The summed E-state index contributed by atoms with van der Waals surface area (Å²) in [5, 5.41) is 17.4. The van der Waals surface area contributed by atoms with E-state index in [1.807, 2.05) is 73.3 Å². The first-order valence-corrected chi connectivity index (χ1v) is 14.4. The standard InChI is InChI=1S/C29H37N3O6.C2H6/c1-18(2)15-32(26-20-10-6-7-11-22(20)30-27(26)34)16-24(33)23(14-19-8-4-3-5-9-19)31-29(35)38-25-17-37-28-21(25)12-13-36-28;1-2/h3-11,18,21,23-26,28,33H,12-17H2,1-2H3,(H,30,34)(H,31,35);1-2H3/t21?,23-,24+,25?,26?,28+;/m0./s1. The number of ether oxygens (including phenoxy) is 3. The predicted molar refractivity (Wildman–Crippen MR) is 153 cm³/mol. The summed E-state index contributed by atoms with van der Waals surface area (Å²) in [7, 11) is 0. The van der Waals surface area contributed by atoms with E-state index in [-0.39, 0.29) is 36.7 Å². The summed E-state index contributed by atoms with van der Waals surface area (Å²) in [5.74, 6) is 0.179. The second-order valence-corrected chi connectivity index (χ2v) is 10.8. The number of para-hydroxylation sites is 1. The van der Waals surface area contributed by atoms with Gasteiger partial charge in [-0.25, -0.2) is 4.79 Å². The Morgan fingerprint density at radius 1 is 1.10 bits per heavy atom. The average Bonchev–Trinajstić information content (AvgIpc) is 3.64. The number of fused-ring (bicyclic) bond motifs is 2. The maximum absolute atomic E-state index is 13.0. The molecule has 40 heavy (non-hydrogen) atoms. The van der Waals surface area contributed by atoms with Gasteiger partial charge in [-0.1, -0.05) is 76.2 Å². The second kappa shape index (κ2) is 14.1. The molecule has 0 saturated carbocycles. The minimum Gasteiger partial charge on any atom is -0.443 e. The van der Waals surface area contributed by atoms with Crippen LogP contribution >= 0.6 is 0 Å². The van der Waals surface area contributed by atoms with Gasteiger partial charge in [0, 0.05) is 24.3 Å². The Hall–Kier alpha value is -2.98. The van der Waals surface area contributed by atoms with Crippen LogP contribution in [0.5, 0.6) is 0 Å². The van der Waals surface area contributed by atoms with Crippen LogP contribution in [0.3, 0.4) is 0 Å². The lowest BCUT2D eigenvalue weighted by molar-refractivity contribution is -0.121. The summed E-state index contributed by atoms with van der Waals surface area (Å²) in [6.45, 7) is 9.86. The van der Waals surface area contributed by atoms with Crippen LogP contribution in [0, 0.1) is 11.8 Å². The highest BCUT2D eigenvalue weighted by atomic mass is 16.7.